The fourth-order valence-electron chi connectivity index (χ4n) is 2.01. The molecule has 3 heterocycles. The maximum absolute atomic E-state index is 12.3. The molecule has 3 rings (SSSR count). The van der Waals surface area contributed by atoms with Crippen LogP contribution in [0.4, 0.5) is 5.69 Å². The van der Waals surface area contributed by atoms with E-state index in [0.717, 1.165) is 11.1 Å². The Bertz CT molecular complexity index is 812. The van der Waals surface area contributed by atoms with E-state index in [1.165, 1.54) is 7.11 Å². The lowest BCUT2D eigenvalue weighted by Gasteiger charge is -2.07. The van der Waals surface area contributed by atoms with Gasteiger partial charge in [0.2, 0.25) is 5.88 Å². The van der Waals surface area contributed by atoms with E-state index in [9.17, 15) is 4.79 Å². The van der Waals surface area contributed by atoms with Crippen molar-refractivity contribution >= 4 is 22.6 Å². The first-order valence-electron chi connectivity index (χ1n) is 6.30. The van der Waals surface area contributed by atoms with Crippen LogP contribution >= 0.6 is 0 Å². The summed E-state index contributed by atoms with van der Waals surface area (Å²) < 4.78 is 5.08. The number of nitrogens with one attached hydrogen (secondary N) is 2. The topological polar surface area (TPSA) is 92.8 Å². The second-order valence-electron chi connectivity index (χ2n) is 4.46. The van der Waals surface area contributed by atoms with Crippen LogP contribution in [-0.2, 0) is 0 Å². The number of amides is 1. The summed E-state index contributed by atoms with van der Waals surface area (Å²) in [7, 11) is 1.47. The quantitative estimate of drug-likeness (QED) is 0.766. The van der Waals surface area contributed by atoms with E-state index in [1.807, 2.05) is 13.0 Å². The van der Waals surface area contributed by atoms with Crippen molar-refractivity contribution in [3.8, 4) is 5.88 Å². The van der Waals surface area contributed by atoms with Crippen molar-refractivity contribution < 1.29 is 9.53 Å². The fraction of sp³-hybridized carbons (Fsp3) is 0.143. The first kappa shape index (κ1) is 13.0. The van der Waals surface area contributed by atoms with Crippen LogP contribution in [0.2, 0.25) is 0 Å². The fourth-order valence-corrected chi connectivity index (χ4v) is 2.01. The average Bonchev–Trinajstić information content (AvgIpc) is 2.88. The van der Waals surface area contributed by atoms with Crippen LogP contribution in [-0.4, -0.2) is 33.2 Å². The molecule has 0 bridgehead atoms. The van der Waals surface area contributed by atoms with Crippen molar-refractivity contribution in [2.24, 2.45) is 0 Å². The molecule has 21 heavy (non-hydrogen) atoms. The lowest BCUT2D eigenvalue weighted by atomic mass is 10.2. The molecule has 0 saturated carbocycles. The summed E-state index contributed by atoms with van der Waals surface area (Å²) in [5.41, 5.74) is 2.46. The molecule has 0 saturated heterocycles. The van der Waals surface area contributed by atoms with E-state index in [0.29, 0.717) is 16.9 Å². The van der Waals surface area contributed by atoms with Crippen molar-refractivity contribution in [1.29, 1.82) is 0 Å². The summed E-state index contributed by atoms with van der Waals surface area (Å²) in [4.78, 5) is 20.5. The van der Waals surface area contributed by atoms with E-state index in [4.69, 9.17) is 4.74 Å². The van der Waals surface area contributed by atoms with Gasteiger partial charge < -0.3 is 10.1 Å². The average molecular weight is 283 g/mol. The number of aromatic amines is 1. The molecule has 3 aromatic heterocycles. The maximum atomic E-state index is 12.3. The largest absolute Gasteiger partial charge is 0.480 e. The van der Waals surface area contributed by atoms with Gasteiger partial charge in [0, 0.05) is 17.3 Å². The first-order valence-corrected chi connectivity index (χ1v) is 6.30. The molecule has 7 nitrogen and oxygen atoms in total. The Morgan fingerprint density at radius 1 is 1.38 bits per heavy atom. The van der Waals surface area contributed by atoms with Gasteiger partial charge in [0.05, 0.1) is 19.0 Å². The number of hydrogen-bond acceptors (Lipinski definition) is 5. The standard InChI is InChI=1S/C14H13N5O2/c1-8-11-6-9(7-16-12(11)19-18-8)17-13(20)10-4-3-5-15-14(10)21-2/h3-7H,1-2H3,(H,17,20)(H,16,18,19). The lowest BCUT2D eigenvalue weighted by Crippen LogP contribution is -2.13. The maximum Gasteiger partial charge on any atom is 0.261 e. The molecule has 0 aliphatic carbocycles. The van der Waals surface area contributed by atoms with Crippen LogP contribution in [0.5, 0.6) is 5.88 Å². The number of hydrogen-bond donors (Lipinski definition) is 2. The molecule has 0 radical (unpaired) electrons. The van der Waals surface area contributed by atoms with Crippen molar-refractivity contribution in [3.63, 3.8) is 0 Å². The van der Waals surface area contributed by atoms with E-state index >= 15 is 0 Å². The SMILES string of the molecule is COc1ncccc1C(=O)Nc1cnc2n[nH]c(C)c2c1. The van der Waals surface area contributed by atoms with Gasteiger partial charge in [-0.1, -0.05) is 0 Å². The molecule has 0 aliphatic heterocycles. The summed E-state index contributed by atoms with van der Waals surface area (Å²) >= 11 is 0. The molecule has 0 aromatic carbocycles. The van der Waals surface area contributed by atoms with Gasteiger partial charge in [-0.25, -0.2) is 9.97 Å². The van der Waals surface area contributed by atoms with Gasteiger partial charge in [0.15, 0.2) is 5.65 Å². The monoisotopic (exact) mass is 283 g/mol. The third kappa shape index (κ3) is 2.40. The zero-order valence-electron chi connectivity index (χ0n) is 11.5. The number of aryl methyl sites for hydroxylation is 1. The van der Waals surface area contributed by atoms with Crippen LogP contribution in [0.3, 0.4) is 0 Å². The smallest absolute Gasteiger partial charge is 0.261 e. The van der Waals surface area contributed by atoms with E-state index in [1.54, 1.807) is 24.5 Å². The second kappa shape index (κ2) is 5.20. The van der Waals surface area contributed by atoms with E-state index in [2.05, 4.69) is 25.5 Å². The number of methoxy groups -OCH3 is 1. The number of pyridine rings is 2. The third-order valence-electron chi connectivity index (χ3n) is 3.07. The first-order chi connectivity index (χ1) is 10.2. The minimum Gasteiger partial charge on any atom is -0.480 e. The molecule has 7 heteroatoms. The van der Waals surface area contributed by atoms with Gasteiger partial charge in [-0.15, -0.1) is 0 Å². The van der Waals surface area contributed by atoms with Crippen LogP contribution in [0.25, 0.3) is 11.0 Å². The third-order valence-corrected chi connectivity index (χ3v) is 3.07. The van der Waals surface area contributed by atoms with E-state index < -0.39 is 0 Å². The van der Waals surface area contributed by atoms with Crippen molar-refractivity contribution in [3.05, 3.63) is 41.9 Å². The molecule has 0 fully saturated rings. The Kier molecular flexibility index (Phi) is 3.23. The number of rotatable bonds is 3. The number of ether oxygens (including phenoxy) is 1. The van der Waals surface area contributed by atoms with Gasteiger partial charge in [-0.3, -0.25) is 9.89 Å². The van der Waals surface area contributed by atoms with Crippen molar-refractivity contribution in [1.82, 2.24) is 20.2 Å². The van der Waals surface area contributed by atoms with Crippen LogP contribution in [0.15, 0.2) is 30.6 Å². The predicted molar refractivity (Wildman–Crippen MR) is 77.4 cm³/mol. The number of aromatic nitrogens is 4. The molecule has 2 N–H and O–H groups in total. The highest BCUT2D eigenvalue weighted by Crippen LogP contribution is 2.20. The Morgan fingerprint density at radius 3 is 3.05 bits per heavy atom. The molecule has 0 atom stereocenters. The normalized spacial score (nSPS) is 10.6. The van der Waals surface area contributed by atoms with Gasteiger partial charge in [-0.05, 0) is 25.1 Å². The number of carbonyl (C=O) groups excluding carboxylic acids is 1. The summed E-state index contributed by atoms with van der Waals surface area (Å²) in [5, 5.41) is 10.5. The molecule has 0 unspecified atom stereocenters. The Morgan fingerprint density at radius 2 is 2.24 bits per heavy atom. The summed E-state index contributed by atoms with van der Waals surface area (Å²) in [6, 6.07) is 5.15. The summed E-state index contributed by atoms with van der Waals surface area (Å²) in [5.74, 6) is -0.0224. The van der Waals surface area contributed by atoms with E-state index in [-0.39, 0.29) is 11.8 Å². The van der Waals surface area contributed by atoms with Crippen LogP contribution in [0, 0.1) is 6.92 Å². The number of nitrogens with zero attached hydrogens (tertiary/aromatic N) is 3. The van der Waals surface area contributed by atoms with Gasteiger partial charge in [0.1, 0.15) is 5.56 Å². The highest BCUT2D eigenvalue weighted by atomic mass is 16.5. The van der Waals surface area contributed by atoms with Gasteiger partial charge in [-0.2, -0.15) is 5.10 Å². The minimum atomic E-state index is -0.303. The zero-order chi connectivity index (χ0) is 14.8. The highest BCUT2D eigenvalue weighted by molar-refractivity contribution is 6.06. The molecule has 0 spiro atoms. The molecule has 1 amide bonds. The summed E-state index contributed by atoms with van der Waals surface area (Å²) in [6.07, 6.45) is 3.13. The number of fused-ring (bicyclic) bond motifs is 1. The number of carbonyl (C=O) groups is 1. The molecule has 106 valence electrons. The molecular formula is C14H13N5O2. The van der Waals surface area contributed by atoms with Gasteiger partial charge >= 0.3 is 0 Å². The van der Waals surface area contributed by atoms with Crippen LogP contribution < -0.4 is 10.1 Å². The van der Waals surface area contributed by atoms with Crippen molar-refractivity contribution in [2.45, 2.75) is 6.92 Å². The molecule has 0 aliphatic rings. The Balaban J connectivity index is 1.90. The Labute approximate surface area is 120 Å². The minimum absolute atomic E-state index is 0.281. The summed E-state index contributed by atoms with van der Waals surface area (Å²) in [6.45, 7) is 1.90. The number of H-pyrrole nitrogens is 1. The molecular weight excluding hydrogens is 270 g/mol. The lowest BCUT2D eigenvalue weighted by molar-refractivity contribution is 0.102. The van der Waals surface area contributed by atoms with Crippen molar-refractivity contribution in [2.75, 3.05) is 12.4 Å². The zero-order valence-corrected chi connectivity index (χ0v) is 11.5. The number of anilines is 1. The van der Waals surface area contributed by atoms with Crippen LogP contribution in [0.1, 0.15) is 16.1 Å². The predicted octanol–water partition coefficient (Wildman–Crippen LogP) is 1.92. The molecule has 3 aromatic rings. The van der Waals surface area contributed by atoms with Gasteiger partial charge in [0.25, 0.3) is 5.91 Å². The Hall–Kier alpha value is -2.96. The second-order valence-corrected chi connectivity index (χ2v) is 4.46. The highest BCUT2D eigenvalue weighted by Gasteiger charge is 2.13.